The zero-order valence-electron chi connectivity index (χ0n) is 8.54. The van der Waals surface area contributed by atoms with Crippen molar-refractivity contribution in [1.29, 1.82) is 0 Å². The first-order valence-electron chi connectivity index (χ1n) is 5.72. The van der Waals surface area contributed by atoms with Crippen molar-refractivity contribution < 1.29 is 4.74 Å². The molecule has 2 nitrogen and oxygen atoms in total. The van der Waals surface area contributed by atoms with Gasteiger partial charge in [-0.05, 0) is 31.1 Å². The Morgan fingerprint density at radius 2 is 1.86 bits per heavy atom. The van der Waals surface area contributed by atoms with E-state index < -0.39 is 0 Å². The summed E-state index contributed by atoms with van der Waals surface area (Å²) >= 11 is 3.66. The number of hydrogen-bond donors (Lipinski definition) is 0. The molecule has 2 saturated heterocycles. The Labute approximate surface area is 94.1 Å². The van der Waals surface area contributed by atoms with E-state index in [2.05, 4.69) is 20.8 Å². The minimum Gasteiger partial charge on any atom is -0.378 e. The fraction of sp³-hybridized carbons (Fsp3) is 1.00. The molecule has 0 radical (unpaired) electrons. The molecule has 80 valence electrons. The lowest BCUT2D eigenvalue weighted by atomic mass is 10.1. The first-order chi connectivity index (χ1) is 6.83. The molecule has 0 amide bonds. The molecule has 0 aromatic rings. The second-order valence-electron chi connectivity index (χ2n) is 5.23. The summed E-state index contributed by atoms with van der Waals surface area (Å²) in [5.41, 5.74) is 0.637. The Kier molecular flexibility index (Phi) is 2.38. The van der Waals surface area contributed by atoms with E-state index in [0.29, 0.717) is 5.41 Å². The van der Waals surface area contributed by atoms with Crippen molar-refractivity contribution in [2.24, 2.45) is 5.41 Å². The molecule has 3 aliphatic rings. The third kappa shape index (κ3) is 1.54. The zero-order chi connectivity index (χ0) is 9.60. The summed E-state index contributed by atoms with van der Waals surface area (Å²) in [7, 11) is 0. The molecule has 2 bridgehead atoms. The number of fused-ring (bicyclic) bond motifs is 2. The quantitative estimate of drug-likeness (QED) is 0.720. The average molecular weight is 260 g/mol. The van der Waals surface area contributed by atoms with Crippen LogP contribution in [0.1, 0.15) is 25.7 Å². The van der Waals surface area contributed by atoms with Crippen molar-refractivity contribution in [3.8, 4) is 0 Å². The molecule has 2 heterocycles. The van der Waals surface area contributed by atoms with Crippen molar-refractivity contribution >= 4 is 15.9 Å². The van der Waals surface area contributed by atoms with Gasteiger partial charge in [0.15, 0.2) is 0 Å². The Balaban J connectivity index is 1.67. The van der Waals surface area contributed by atoms with Crippen LogP contribution in [0, 0.1) is 5.41 Å². The maximum atomic E-state index is 5.60. The summed E-state index contributed by atoms with van der Waals surface area (Å²) in [5, 5.41) is 1.19. The molecular formula is C11H18BrNO. The van der Waals surface area contributed by atoms with Crippen LogP contribution in [0.2, 0.25) is 0 Å². The lowest BCUT2D eigenvalue weighted by Gasteiger charge is -2.36. The smallest absolute Gasteiger partial charge is 0.0622 e. The highest BCUT2D eigenvalue weighted by molar-refractivity contribution is 9.09. The molecule has 1 aliphatic carbocycles. The predicted molar refractivity (Wildman–Crippen MR) is 59.8 cm³/mol. The molecule has 14 heavy (non-hydrogen) atoms. The Morgan fingerprint density at radius 1 is 1.21 bits per heavy atom. The third-order valence-corrected chi connectivity index (χ3v) is 5.34. The monoisotopic (exact) mass is 259 g/mol. The van der Waals surface area contributed by atoms with Crippen LogP contribution in [-0.4, -0.2) is 42.1 Å². The summed E-state index contributed by atoms with van der Waals surface area (Å²) in [6.07, 6.45) is 5.58. The number of rotatable bonds is 3. The van der Waals surface area contributed by atoms with E-state index >= 15 is 0 Å². The van der Waals surface area contributed by atoms with E-state index in [-0.39, 0.29) is 0 Å². The summed E-state index contributed by atoms with van der Waals surface area (Å²) in [6.45, 7) is 3.28. The first kappa shape index (κ1) is 9.61. The van der Waals surface area contributed by atoms with Gasteiger partial charge in [-0.2, -0.15) is 0 Å². The minimum atomic E-state index is 0.637. The number of hydrogen-bond acceptors (Lipinski definition) is 2. The largest absolute Gasteiger partial charge is 0.378 e. The van der Waals surface area contributed by atoms with Gasteiger partial charge in [0.1, 0.15) is 0 Å². The fourth-order valence-corrected chi connectivity index (χ4v) is 3.61. The fourth-order valence-electron chi connectivity index (χ4n) is 2.87. The van der Waals surface area contributed by atoms with E-state index in [1.165, 1.54) is 37.6 Å². The first-order valence-corrected chi connectivity index (χ1v) is 6.85. The highest BCUT2D eigenvalue weighted by Gasteiger charge is 2.47. The SMILES string of the molecule is BrCC1(CN2C3CCC2COC3)CC1. The molecule has 0 aromatic heterocycles. The van der Waals surface area contributed by atoms with Crippen molar-refractivity contribution in [1.82, 2.24) is 4.90 Å². The van der Waals surface area contributed by atoms with Crippen LogP contribution in [0.15, 0.2) is 0 Å². The van der Waals surface area contributed by atoms with E-state index in [0.717, 1.165) is 25.3 Å². The third-order valence-electron chi connectivity index (χ3n) is 4.15. The minimum absolute atomic E-state index is 0.637. The van der Waals surface area contributed by atoms with Gasteiger partial charge in [0.05, 0.1) is 13.2 Å². The zero-order valence-corrected chi connectivity index (χ0v) is 10.1. The molecule has 0 spiro atoms. The van der Waals surface area contributed by atoms with Gasteiger partial charge in [0, 0.05) is 24.0 Å². The summed E-state index contributed by atoms with van der Waals surface area (Å²) in [5.74, 6) is 0. The van der Waals surface area contributed by atoms with Crippen LogP contribution in [0.3, 0.4) is 0 Å². The van der Waals surface area contributed by atoms with Gasteiger partial charge in [-0.15, -0.1) is 0 Å². The molecule has 2 aliphatic heterocycles. The Bertz CT molecular complexity index is 213. The molecule has 1 saturated carbocycles. The molecule has 0 N–H and O–H groups in total. The maximum Gasteiger partial charge on any atom is 0.0622 e. The van der Waals surface area contributed by atoms with Crippen LogP contribution in [-0.2, 0) is 4.74 Å². The van der Waals surface area contributed by atoms with Crippen LogP contribution < -0.4 is 0 Å². The number of morpholine rings is 1. The van der Waals surface area contributed by atoms with Gasteiger partial charge in [0.2, 0.25) is 0 Å². The van der Waals surface area contributed by atoms with Crippen LogP contribution in [0.25, 0.3) is 0 Å². The second-order valence-corrected chi connectivity index (χ2v) is 5.79. The molecule has 3 heteroatoms. The molecule has 2 atom stereocenters. The van der Waals surface area contributed by atoms with Gasteiger partial charge < -0.3 is 4.74 Å². The molecule has 3 fully saturated rings. The normalized spacial score (nSPS) is 40.1. The topological polar surface area (TPSA) is 12.5 Å². The van der Waals surface area contributed by atoms with Crippen LogP contribution in [0.5, 0.6) is 0 Å². The molecular weight excluding hydrogens is 242 g/mol. The lowest BCUT2D eigenvalue weighted by Crippen LogP contribution is -2.48. The van der Waals surface area contributed by atoms with Crippen molar-refractivity contribution in [3.63, 3.8) is 0 Å². The predicted octanol–water partition coefficient (Wildman–Crippen LogP) is 2.02. The number of alkyl halides is 1. The van der Waals surface area contributed by atoms with Gasteiger partial charge in [-0.1, -0.05) is 15.9 Å². The van der Waals surface area contributed by atoms with Crippen molar-refractivity contribution in [3.05, 3.63) is 0 Å². The van der Waals surface area contributed by atoms with Gasteiger partial charge in [0.25, 0.3) is 0 Å². The lowest BCUT2D eigenvalue weighted by molar-refractivity contribution is -0.0218. The van der Waals surface area contributed by atoms with E-state index in [1.807, 2.05) is 0 Å². The van der Waals surface area contributed by atoms with Gasteiger partial charge in [-0.3, -0.25) is 4.90 Å². The van der Waals surface area contributed by atoms with Gasteiger partial charge in [-0.25, -0.2) is 0 Å². The maximum absolute atomic E-state index is 5.60. The Hall–Kier alpha value is 0.400. The average Bonchev–Trinajstić information content (AvgIpc) is 2.93. The van der Waals surface area contributed by atoms with E-state index in [1.54, 1.807) is 0 Å². The Morgan fingerprint density at radius 3 is 2.36 bits per heavy atom. The van der Waals surface area contributed by atoms with Crippen molar-refractivity contribution in [2.75, 3.05) is 25.1 Å². The van der Waals surface area contributed by atoms with E-state index in [9.17, 15) is 0 Å². The van der Waals surface area contributed by atoms with Crippen molar-refractivity contribution in [2.45, 2.75) is 37.8 Å². The molecule has 0 aromatic carbocycles. The number of ether oxygens (including phenoxy) is 1. The highest BCUT2D eigenvalue weighted by atomic mass is 79.9. The number of nitrogens with zero attached hydrogens (tertiary/aromatic N) is 1. The van der Waals surface area contributed by atoms with Gasteiger partial charge >= 0.3 is 0 Å². The van der Waals surface area contributed by atoms with E-state index in [4.69, 9.17) is 4.74 Å². The second kappa shape index (κ2) is 3.46. The summed E-state index contributed by atoms with van der Waals surface area (Å²) in [6, 6.07) is 1.48. The molecule has 2 unspecified atom stereocenters. The highest BCUT2D eigenvalue weighted by Crippen LogP contribution is 2.49. The summed E-state index contributed by atoms with van der Waals surface area (Å²) in [4.78, 5) is 2.73. The van der Waals surface area contributed by atoms with Crippen LogP contribution in [0.4, 0.5) is 0 Å². The summed E-state index contributed by atoms with van der Waals surface area (Å²) < 4.78 is 5.60. The number of halogens is 1. The van der Waals surface area contributed by atoms with Crippen LogP contribution >= 0.6 is 15.9 Å². The standard InChI is InChI=1S/C11H18BrNO/c12-7-11(3-4-11)8-13-9-1-2-10(13)6-14-5-9/h9-10H,1-8H2. The molecule has 3 rings (SSSR count).